The smallest absolute Gasteiger partial charge is 0.338 e. The number of hydrogen-bond donors (Lipinski definition) is 2. The van der Waals surface area contributed by atoms with Crippen molar-refractivity contribution in [3.8, 4) is 5.75 Å². The van der Waals surface area contributed by atoms with Crippen molar-refractivity contribution in [3.63, 3.8) is 0 Å². The Bertz CT molecular complexity index is 672. The molecule has 0 aliphatic heterocycles. The maximum Gasteiger partial charge on any atom is 0.338 e. The summed E-state index contributed by atoms with van der Waals surface area (Å²) >= 11 is 5.89. The number of para-hydroxylation sites is 1. The average molecular weight is 306 g/mol. The number of hydrogen-bond acceptors (Lipinski definition) is 4. The summed E-state index contributed by atoms with van der Waals surface area (Å²) in [4.78, 5) is 23.4. The molecule has 2 aromatic carbocycles. The number of phenols is 1. The first-order chi connectivity index (χ1) is 10.1. The van der Waals surface area contributed by atoms with Crippen LogP contribution in [0, 0.1) is 0 Å². The molecule has 2 rings (SSSR count). The normalized spacial score (nSPS) is 9.95. The summed E-state index contributed by atoms with van der Waals surface area (Å²) in [6.45, 7) is -0.445. The number of benzene rings is 2. The van der Waals surface area contributed by atoms with E-state index in [9.17, 15) is 14.7 Å². The van der Waals surface area contributed by atoms with Crippen molar-refractivity contribution in [2.45, 2.75) is 0 Å². The number of rotatable bonds is 4. The van der Waals surface area contributed by atoms with Gasteiger partial charge in [-0.2, -0.15) is 0 Å². The van der Waals surface area contributed by atoms with Crippen LogP contribution in [0.4, 0.5) is 5.69 Å². The Labute approximate surface area is 126 Å². The summed E-state index contributed by atoms with van der Waals surface area (Å²) in [7, 11) is 0. The molecule has 0 aliphatic carbocycles. The van der Waals surface area contributed by atoms with Gasteiger partial charge >= 0.3 is 5.97 Å². The highest BCUT2D eigenvalue weighted by Gasteiger charge is 2.11. The molecule has 0 bridgehead atoms. The summed E-state index contributed by atoms with van der Waals surface area (Å²) in [6.07, 6.45) is 0. The van der Waals surface area contributed by atoms with Crippen LogP contribution in [0.3, 0.4) is 0 Å². The van der Waals surface area contributed by atoms with Crippen LogP contribution in [-0.2, 0) is 9.53 Å². The highest BCUT2D eigenvalue weighted by Crippen LogP contribution is 2.20. The number of aromatic hydroxyl groups is 1. The van der Waals surface area contributed by atoms with E-state index in [-0.39, 0.29) is 11.3 Å². The number of carbonyl (C=O) groups is 2. The van der Waals surface area contributed by atoms with E-state index in [1.165, 1.54) is 24.3 Å². The Balaban J connectivity index is 1.90. The van der Waals surface area contributed by atoms with Gasteiger partial charge in [0.2, 0.25) is 0 Å². The quantitative estimate of drug-likeness (QED) is 0.852. The summed E-state index contributed by atoms with van der Waals surface area (Å²) < 4.78 is 4.85. The van der Waals surface area contributed by atoms with Gasteiger partial charge in [-0.3, -0.25) is 4.79 Å². The lowest BCUT2D eigenvalue weighted by Gasteiger charge is -2.08. The molecular formula is C15H12ClNO4. The number of anilines is 1. The Hall–Kier alpha value is -2.53. The van der Waals surface area contributed by atoms with E-state index in [1.807, 2.05) is 0 Å². The number of nitrogens with one attached hydrogen (secondary N) is 1. The number of ether oxygens (including phenoxy) is 1. The van der Waals surface area contributed by atoms with Crippen LogP contribution in [0.2, 0.25) is 5.02 Å². The standard InChI is InChI=1S/C15H12ClNO4/c16-12-6-1-2-7-13(12)17-14(19)9-21-15(20)10-4-3-5-11(18)8-10/h1-8,18H,9H2,(H,17,19). The summed E-state index contributed by atoms with van der Waals surface area (Å²) in [6, 6.07) is 12.4. The van der Waals surface area contributed by atoms with E-state index in [0.717, 1.165) is 0 Å². The van der Waals surface area contributed by atoms with Crippen LogP contribution in [-0.4, -0.2) is 23.6 Å². The largest absolute Gasteiger partial charge is 0.508 e. The van der Waals surface area contributed by atoms with E-state index < -0.39 is 18.5 Å². The van der Waals surface area contributed by atoms with Gasteiger partial charge in [-0.1, -0.05) is 29.8 Å². The van der Waals surface area contributed by atoms with Crippen molar-refractivity contribution >= 4 is 29.2 Å². The minimum atomic E-state index is -0.694. The zero-order chi connectivity index (χ0) is 15.2. The molecule has 108 valence electrons. The monoisotopic (exact) mass is 305 g/mol. The summed E-state index contributed by atoms with van der Waals surface area (Å²) in [5.74, 6) is -1.25. The van der Waals surface area contributed by atoms with Crippen molar-refractivity contribution in [2.75, 3.05) is 11.9 Å². The van der Waals surface area contributed by atoms with Crippen molar-refractivity contribution in [1.29, 1.82) is 0 Å². The molecule has 0 unspecified atom stereocenters. The SMILES string of the molecule is O=C(COC(=O)c1cccc(O)c1)Nc1ccccc1Cl. The van der Waals surface area contributed by atoms with E-state index in [4.69, 9.17) is 16.3 Å². The molecule has 21 heavy (non-hydrogen) atoms. The molecule has 0 aromatic heterocycles. The number of esters is 1. The minimum Gasteiger partial charge on any atom is -0.508 e. The molecule has 6 heteroatoms. The van der Waals surface area contributed by atoms with Gasteiger partial charge in [-0.15, -0.1) is 0 Å². The van der Waals surface area contributed by atoms with Crippen LogP contribution in [0.5, 0.6) is 5.75 Å². The number of carbonyl (C=O) groups excluding carboxylic acids is 2. The molecule has 5 nitrogen and oxygen atoms in total. The predicted molar refractivity (Wildman–Crippen MR) is 78.5 cm³/mol. The molecule has 0 fully saturated rings. The van der Waals surface area contributed by atoms with Crippen molar-refractivity contribution < 1.29 is 19.4 Å². The highest BCUT2D eigenvalue weighted by molar-refractivity contribution is 6.33. The molecule has 0 saturated carbocycles. The van der Waals surface area contributed by atoms with Gasteiger partial charge in [0.15, 0.2) is 6.61 Å². The van der Waals surface area contributed by atoms with Crippen LogP contribution in [0.1, 0.15) is 10.4 Å². The summed E-state index contributed by atoms with van der Waals surface area (Å²) in [5.41, 5.74) is 0.609. The molecule has 2 aromatic rings. The third kappa shape index (κ3) is 4.22. The fourth-order valence-corrected chi connectivity index (χ4v) is 1.78. The molecular weight excluding hydrogens is 294 g/mol. The minimum absolute atomic E-state index is 0.0510. The van der Waals surface area contributed by atoms with Crippen LogP contribution < -0.4 is 5.32 Å². The predicted octanol–water partition coefficient (Wildman–Crippen LogP) is 2.84. The Kier molecular flexibility index (Phi) is 4.79. The summed E-state index contributed by atoms with van der Waals surface area (Å²) in [5, 5.41) is 12.2. The lowest BCUT2D eigenvalue weighted by molar-refractivity contribution is -0.119. The Morgan fingerprint density at radius 3 is 2.62 bits per heavy atom. The van der Waals surface area contributed by atoms with Crippen molar-refractivity contribution in [1.82, 2.24) is 0 Å². The van der Waals surface area contributed by atoms with Crippen molar-refractivity contribution in [2.24, 2.45) is 0 Å². The lowest BCUT2D eigenvalue weighted by atomic mass is 10.2. The van der Waals surface area contributed by atoms with Gasteiger partial charge in [-0.05, 0) is 30.3 Å². The fraction of sp³-hybridized carbons (Fsp3) is 0.0667. The zero-order valence-electron chi connectivity index (χ0n) is 10.9. The van der Waals surface area contributed by atoms with E-state index in [1.54, 1.807) is 24.3 Å². The molecule has 0 atom stereocenters. The zero-order valence-corrected chi connectivity index (χ0v) is 11.6. The molecule has 2 N–H and O–H groups in total. The van der Waals surface area contributed by atoms with Gasteiger partial charge < -0.3 is 15.2 Å². The first-order valence-corrected chi connectivity index (χ1v) is 6.44. The van der Waals surface area contributed by atoms with E-state index in [0.29, 0.717) is 10.7 Å². The number of halogens is 1. The topological polar surface area (TPSA) is 75.6 Å². The molecule has 0 aliphatic rings. The molecule has 0 spiro atoms. The molecule has 0 radical (unpaired) electrons. The van der Waals surface area contributed by atoms with Gasteiger partial charge in [0.05, 0.1) is 16.3 Å². The second kappa shape index (κ2) is 6.76. The first-order valence-electron chi connectivity index (χ1n) is 6.07. The van der Waals surface area contributed by atoms with Gasteiger partial charge in [0.1, 0.15) is 5.75 Å². The Morgan fingerprint density at radius 1 is 1.14 bits per heavy atom. The second-order valence-electron chi connectivity index (χ2n) is 4.15. The van der Waals surface area contributed by atoms with Crippen LogP contribution in [0.25, 0.3) is 0 Å². The molecule has 1 amide bonds. The van der Waals surface area contributed by atoms with Crippen LogP contribution in [0.15, 0.2) is 48.5 Å². The van der Waals surface area contributed by atoms with Crippen LogP contribution >= 0.6 is 11.6 Å². The van der Waals surface area contributed by atoms with Gasteiger partial charge in [0, 0.05) is 0 Å². The number of amides is 1. The molecule has 0 saturated heterocycles. The van der Waals surface area contributed by atoms with Gasteiger partial charge in [0.25, 0.3) is 5.91 Å². The first kappa shape index (κ1) is 14.9. The lowest BCUT2D eigenvalue weighted by Crippen LogP contribution is -2.21. The fourth-order valence-electron chi connectivity index (χ4n) is 1.60. The van der Waals surface area contributed by atoms with E-state index in [2.05, 4.69) is 5.32 Å². The maximum atomic E-state index is 11.7. The average Bonchev–Trinajstić information content (AvgIpc) is 2.47. The third-order valence-electron chi connectivity index (χ3n) is 2.56. The maximum absolute atomic E-state index is 11.7. The third-order valence-corrected chi connectivity index (χ3v) is 2.89. The van der Waals surface area contributed by atoms with E-state index >= 15 is 0 Å². The second-order valence-corrected chi connectivity index (χ2v) is 4.56. The Morgan fingerprint density at radius 2 is 1.90 bits per heavy atom. The van der Waals surface area contributed by atoms with Crippen molar-refractivity contribution in [3.05, 3.63) is 59.1 Å². The number of phenolic OH excluding ortho intramolecular Hbond substituents is 1. The van der Waals surface area contributed by atoms with Gasteiger partial charge in [-0.25, -0.2) is 4.79 Å². The highest BCUT2D eigenvalue weighted by atomic mass is 35.5. The molecule has 0 heterocycles.